The van der Waals surface area contributed by atoms with Gasteiger partial charge in [-0.05, 0) is 68.1 Å². The van der Waals surface area contributed by atoms with Gasteiger partial charge in [0, 0.05) is 29.0 Å². The van der Waals surface area contributed by atoms with Crippen molar-refractivity contribution in [3.05, 3.63) is 77.3 Å². The largest absolute Gasteiger partial charge is 0.378 e. The molecule has 2 aromatic carbocycles. The minimum atomic E-state index is -0.883. The van der Waals surface area contributed by atoms with E-state index < -0.39 is 11.4 Å². The lowest BCUT2D eigenvalue weighted by molar-refractivity contribution is 0.0610. The first kappa shape index (κ1) is 21.4. The Balaban J connectivity index is 1.44. The van der Waals surface area contributed by atoms with Crippen LogP contribution < -0.4 is 5.32 Å². The number of hydrogen-bond donors (Lipinski definition) is 2. The number of aliphatic hydroxyl groups is 1. The number of fused-ring (bicyclic) bond motifs is 1. The summed E-state index contributed by atoms with van der Waals surface area (Å²) < 4.78 is 15.4. The highest BCUT2D eigenvalue weighted by Gasteiger charge is 2.26. The molecule has 166 valence electrons. The zero-order valence-corrected chi connectivity index (χ0v) is 18.6. The summed E-state index contributed by atoms with van der Waals surface area (Å²) in [6.45, 7) is 0. The van der Waals surface area contributed by atoms with Crippen LogP contribution in [0.15, 0.2) is 60.9 Å². The van der Waals surface area contributed by atoms with Gasteiger partial charge in [0.2, 0.25) is 5.95 Å². The molecule has 0 spiro atoms. The number of benzene rings is 2. The van der Waals surface area contributed by atoms with Gasteiger partial charge in [-0.25, -0.2) is 9.37 Å². The fourth-order valence-corrected chi connectivity index (χ4v) is 4.28. The van der Waals surface area contributed by atoms with E-state index in [1.165, 1.54) is 12.1 Å². The lowest BCUT2D eigenvalue weighted by atomic mass is 9.85. The molecule has 4 aromatic rings. The van der Waals surface area contributed by atoms with Gasteiger partial charge < -0.3 is 15.0 Å². The molecule has 1 aliphatic carbocycles. The van der Waals surface area contributed by atoms with Gasteiger partial charge in [0.25, 0.3) is 0 Å². The first-order chi connectivity index (χ1) is 16.0. The van der Waals surface area contributed by atoms with Crippen molar-refractivity contribution >= 4 is 34.1 Å². The maximum absolute atomic E-state index is 13.4. The summed E-state index contributed by atoms with van der Waals surface area (Å²) in [6, 6.07) is 14.2. The van der Waals surface area contributed by atoms with Crippen LogP contribution in [0.25, 0.3) is 16.7 Å². The lowest BCUT2D eigenvalue weighted by Crippen LogP contribution is -2.29. The van der Waals surface area contributed by atoms with Gasteiger partial charge in [-0.2, -0.15) is 4.98 Å². The number of aromatic nitrogens is 3. The molecule has 2 heterocycles. The lowest BCUT2D eigenvalue weighted by Gasteiger charge is -2.26. The Bertz CT molecular complexity index is 1380. The van der Waals surface area contributed by atoms with E-state index in [4.69, 9.17) is 11.6 Å². The van der Waals surface area contributed by atoms with Crippen molar-refractivity contribution < 1.29 is 9.50 Å². The Morgan fingerprint density at radius 2 is 1.91 bits per heavy atom. The molecule has 0 bridgehead atoms. The maximum atomic E-state index is 13.4. The predicted octanol–water partition coefficient (Wildman–Crippen LogP) is 6.00. The van der Waals surface area contributed by atoms with Crippen LogP contribution in [-0.4, -0.2) is 25.2 Å². The van der Waals surface area contributed by atoms with Crippen LogP contribution in [0, 0.1) is 17.7 Å². The minimum absolute atomic E-state index is 0.0269. The average Bonchev–Trinajstić information content (AvgIpc) is 3.24. The summed E-state index contributed by atoms with van der Waals surface area (Å²) in [5, 5.41) is 14.8. The highest BCUT2D eigenvalue weighted by Crippen LogP contribution is 2.28. The monoisotopic (exact) mass is 460 g/mol. The van der Waals surface area contributed by atoms with E-state index in [0.29, 0.717) is 17.5 Å². The van der Waals surface area contributed by atoms with E-state index in [1.807, 2.05) is 41.1 Å². The number of nitrogens with one attached hydrogen (secondary N) is 1. The second-order valence-corrected chi connectivity index (χ2v) is 8.70. The van der Waals surface area contributed by atoms with Crippen LogP contribution in [0.5, 0.6) is 0 Å². The molecular formula is C26H22ClFN4O. The number of halogens is 2. The molecule has 5 rings (SSSR count). The molecule has 0 aliphatic heterocycles. The van der Waals surface area contributed by atoms with Crippen LogP contribution in [-0.2, 0) is 0 Å². The zero-order valence-electron chi connectivity index (χ0n) is 17.9. The summed E-state index contributed by atoms with van der Waals surface area (Å²) >= 11 is 5.87. The Morgan fingerprint density at radius 1 is 1.06 bits per heavy atom. The molecule has 0 unspecified atom stereocenters. The van der Waals surface area contributed by atoms with Crippen molar-refractivity contribution in [1.82, 2.24) is 14.5 Å². The van der Waals surface area contributed by atoms with Crippen molar-refractivity contribution in [3.8, 4) is 17.7 Å². The Labute approximate surface area is 196 Å². The van der Waals surface area contributed by atoms with E-state index in [1.54, 1.807) is 12.3 Å². The summed E-state index contributed by atoms with van der Waals surface area (Å²) in [6.07, 6.45) is 8.25. The second-order valence-electron chi connectivity index (χ2n) is 8.29. The first-order valence-electron chi connectivity index (χ1n) is 10.9. The molecule has 2 aromatic heterocycles. The minimum Gasteiger partial charge on any atom is -0.378 e. The van der Waals surface area contributed by atoms with Crippen molar-refractivity contribution in [3.63, 3.8) is 0 Å². The van der Waals surface area contributed by atoms with Crippen LogP contribution in [0.4, 0.5) is 16.0 Å². The topological polar surface area (TPSA) is 63.0 Å². The van der Waals surface area contributed by atoms with E-state index in [-0.39, 0.29) is 5.02 Å². The van der Waals surface area contributed by atoms with E-state index >= 15 is 0 Å². The molecule has 33 heavy (non-hydrogen) atoms. The summed E-state index contributed by atoms with van der Waals surface area (Å²) in [7, 11) is 0. The van der Waals surface area contributed by atoms with E-state index in [0.717, 1.165) is 48.6 Å². The third-order valence-corrected chi connectivity index (χ3v) is 6.17. The highest BCUT2D eigenvalue weighted by molar-refractivity contribution is 6.31. The predicted molar refractivity (Wildman–Crippen MR) is 128 cm³/mol. The summed E-state index contributed by atoms with van der Waals surface area (Å²) in [4.78, 5) is 8.86. The van der Waals surface area contributed by atoms with Gasteiger partial charge >= 0.3 is 0 Å². The SMILES string of the molecule is OC1(C#Cc2ccc3ccn(-c4ccnc(Nc5ccc(F)c(Cl)c5)n4)c3c2)CCCCC1. The number of nitrogens with zero attached hydrogens (tertiary/aromatic N) is 3. The Kier molecular flexibility index (Phi) is 5.76. The molecular weight excluding hydrogens is 439 g/mol. The van der Waals surface area contributed by atoms with Gasteiger partial charge in [0.1, 0.15) is 17.2 Å². The highest BCUT2D eigenvalue weighted by atomic mass is 35.5. The van der Waals surface area contributed by atoms with Crippen LogP contribution >= 0.6 is 11.6 Å². The number of anilines is 2. The number of hydrogen-bond acceptors (Lipinski definition) is 4. The Hall–Kier alpha value is -3.40. The van der Waals surface area contributed by atoms with Crippen LogP contribution in [0.3, 0.4) is 0 Å². The molecule has 2 N–H and O–H groups in total. The molecule has 0 saturated heterocycles. The zero-order chi connectivity index (χ0) is 22.8. The molecule has 1 aliphatic rings. The quantitative estimate of drug-likeness (QED) is 0.368. The average molecular weight is 461 g/mol. The second kappa shape index (κ2) is 8.86. The van der Waals surface area contributed by atoms with Crippen molar-refractivity contribution in [2.45, 2.75) is 37.7 Å². The smallest absolute Gasteiger partial charge is 0.229 e. The molecule has 0 amide bonds. The molecule has 0 atom stereocenters. The normalized spacial score (nSPS) is 15.1. The van der Waals surface area contributed by atoms with Crippen LogP contribution in [0.1, 0.15) is 37.7 Å². The maximum Gasteiger partial charge on any atom is 0.229 e. The molecule has 1 fully saturated rings. The molecule has 1 saturated carbocycles. The van der Waals surface area contributed by atoms with E-state index in [9.17, 15) is 9.50 Å². The van der Waals surface area contributed by atoms with Gasteiger partial charge in [0.15, 0.2) is 0 Å². The third-order valence-electron chi connectivity index (χ3n) is 5.88. The molecule has 7 heteroatoms. The van der Waals surface area contributed by atoms with Crippen molar-refractivity contribution in [2.75, 3.05) is 5.32 Å². The third kappa shape index (κ3) is 4.70. The summed E-state index contributed by atoms with van der Waals surface area (Å²) in [5.41, 5.74) is 1.50. The number of rotatable bonds is 3. The standard InChI is InChI=1S/C26H22ClFN4O/c27-21-17-20(6-7-22(21)28)30-25-29-14-9-24(31-25)32-15-10-19-5-4-18(16-23(19)32)8-13-26(33)11-2-1-3-12-26/h4-7,9-10,14-17,33H,1-3,11-12H2,(H,29,30,31). The van der Waals surface area contributed by atoms with Gasteiger partial charge in [-0.15, -0.1) is 0 Å². The van der Waals surface area contributed by atoms with Crippen LogP contribution in [0.2, 0.25) is 5.02 Å². The Morgan fingerprint density at radius 3 is 2.73 bits per heavy atom. The van der Waals surface area contributed by atoms with Gasteiger partial charge in [-0.3, -0.25) is 0 Å². The molecule has 5 nitrogen and oxygen atoms in total. The van der Waals surface area contributed by atoms with E-state index in [2.05, 4.69) is 27.1 Å². The summed E-state index contributed by atoms with van der Waals surface area (Å²) in [5.74, 6) is 6.83. The van der Waals surface area contributed by atoms with Gasteiger partial charge in [-0.1, -0.05) is 35.9 Å². The fraction of sp³-hybridized carbons (Fsp3) is 0.231. The fourth-order valence-electron chi connectivity index (χ4n) is 4.10. The van der Waals surface area contributed by atoms with Gasteiger partial charge in [0.05, 0.1) is 10.5 Å². The van der Waals surface area contributed by atoms with Crippen molar-refractivity contribution in [1.29, 1.82) is 0 Å². The van der Waals surface area contributed by atoms with Crippen molar-refractivity contribution in [2.24, 2.45) is 0 Å². The molecule has 0 radical (unpaired) electrons. The first-order valence-corrected chi connectivity index (χ1v) is 11.3.